The molecule has 5 rings (SSSR count). The predicted molar refractivity (Wildman–Crippen MR) is 120 cm³/mol. The van der Waals surface area contributed by atoms with Gasteiger partial charge in [-0.25, -0.2) is 9.37 Å². The molecule has 0 bridgehead atoms. The van der Waals surface area contributed by atoms with Crippen molar-refractivity contribution >= 4 is 33.8 Å². The third-order valence-electron chi connectivity index (χ3n) is 5.19. The number of nitrogens with one attached hydrogen (secondary N) is 1. The lowest BCUT2D eigenvalue weighted by atomic mass is 10.1. The highest BCUT2D eigenvalue weighted by atomic mass is 35.5. The molecule has 5 aromatic rings. The Morgan fingerprint density at radius 3 is 2.74 bits per heavy atom. The standard InChI is InChI=1S/C23H17ClFN5O/c1-14(28-21-8-10-26-20-9-11-27-30(20)21)19-12-15-4-2-7-18(24)22(15)23(31)29(19)17-6-3-5-16(25)13-17/h2-14,28H,1H3/t14-/m0/s1. The summed E-state index contributed by atoms with van der Waals surface area (Å²) >= 11 is 6.35. The van der Waals surface area contributed by atoms with Gasteiger partial charge >= 0.3 is 0 Å². The lowest BCUT2D eigenvalue weighted by Crippen LogP contribution is -2.26. The summed E-state index contributed by atoms with van der Waals surface area (Å²) in [4.78, 5) is 17.8. The van der Waals surface area contributed by atoms with Crippen LogP contribution in [0.4, 0.5) is 10.2 Å². The summed E-state index contributed by atoms with van der Waals surface area (Å²) in [7, 11) is 0. The van der Waals surface area contributed by atoms with Gasteiger partial charge in [-0.3, -0.25) is 9.36 Å². The van der Waals surface area contributed by atoms with Crippen molar-refractivity contribution in [1.82, 2.24) is 19.2 Å². The Morgan fingerprint density at radius 2 is 1.90 bits per heavy atom. The van der Waals surface area contributed by atoms with Gasteiger partial charge in [0.1, 0.15) is 11.6 Å². The first-order valence-corrected chi connectivity index (χ1v) is 10.1. The van der Waals surface area contributed by atoms with Crippen LogP contribution in [0, 0.1) is 5.82 Å². The van der Waals surface area contributed by atoms with Crippen LogP contribution in [0.3, 0.4) is 0 Å². The zero-order valence-electron chi connectivity index (χ0n) is 16.5. The number of anilines is 1. The zero-order valence-corrected chi connectivity index (χ0v) is 17.2. The van der Waals surface area contributed by atoms with Gasteiger partial charge in [-0.1, -0.05) is 29.8 Å². The van der Waals surface area contributed by atoms with Crippen LogP contribution in [0.2, 0.25) is 5.02 Å². The number of nitrogens with zero attached hydrogens (tertiary/aromatic N) is 4. The van der Waals surface area contributed by atoms with Crippen molar-refractivity contribution in [3.05, 3.63) is 99.9 Å². The normalized spacial score (nSPS) is 12.4. The average Bonchev–Trinajstić information content (AvgIpc) is 3.23. The molecule has 0 radical (unpaired) electrons. The van der Waals surface area contributed by atoms with Crippen molar-refractivity contribution < 1.29 is 4.39 Å². The number of rotatable bonds is 4. The maximum atomic E-state index is 14.0. The second-order valence-electron chi connectivity index (χ2n) is 7.19. The maximum absolute atomic E-state index is 14.0. The summed E-state index contributed by atoms with van der Waals surface area (Å²) in [6.45, 7) is 1.93. The summed E-state index contributed by atoms with van der Waals surface area (Å²) in [5.41, 5.74) is 1.47. The minimum atomic E-state index is -0.428. The van der Waals surface area contributed by atoms with Crippen LogP contribution in [-0.2, 0) is 0 Å². The van der Waals surface area contributed by atoms with Gasteiger partial charge in [-0.05, 0) is 48.7 Å². The van der Waals surface area contributed by atoms with Gasteiger partial charge in [-0.2, -0.15) is 9.61 Å². The van der Waals surface area contributed by atoms with Crippen LogP contribution in [0.25, 0.3) is 22.1 Å². The Labute approximate surface area is 181 Å². The molecule has 0 spiro atoms. The van der Waals surface area contributed by atoms with Crippen molar-refractivity contribution in [2.75, 3.05) is 5.32 Å². The Morgan fingerprint density at radius 1 is 1.06 bits per heavy atom. The first-order chi connectivity index (χ1) is 15.0. The van der Waals surface area contributed by atoms with E-state index in [1.807, 2.05) is 19.1 Å². The molecule has 0 aliphatic rings. The molecule has 2 aromatic carbocycles. The molecule has 0 aliphatic heterocycles. The molecule has 1 atom stereocenters. The van der Waals surface area contributed by atoms with Crippen molar-refractivity contribution in [3.8, 4) is 5.69 Å². The van der Waals surface area contributed by atoms with Crippen LogP contribution in [0.1, 0.15) is 18.7 Å². The molecule has 0 fully saturated rings. The number of hydrogen-bond donors (Lipinski definition) is 1. The highest BCUT2D eigenvalue weighted by Gasteiger charge is 2.19. The van der Waals surface area contributed by atoms with Crippen LogP contribution in [-0.4, -0.2) is 19.2 Å². The van der Waals surface area contributed by atoms with E-state index >= 15 is 0 Å². The number of halogens is 2. The minimum Gasteiger partial charge on any atom is -0.362 e. The third kappa shape index (κ3) is 3.33. The first-order valence-electron chi connectivity index (χ1n) is 9.68. The summed E-state index contributed by atoms with van der Waals surface area (Å²) in [6, 6.07) is 16.4. The predicted octanol–water partition coefficient (Wildman–Crippen LogP) is 5.00. The van der Waals surface area contributed by atoms with Gasteiger partial charge < -0.3 is 5.32 Å². The van der Waals surface area contributed by atoms with Gasteiger partial charge in [0.05, 0.1) is 28.3 Å². The Kier molecular flexibility index (Phi) is 4.67. The summed E-state index contributed by atoms with van der Waals surface area (Å²) in [6.07, 6.45) is 3.35. The van der Waals surface area contributed by atoms with Crippen LogP contribution in [0.5, 0.6) is 0 Å². The Hall–Kier alpha value is -3.71. The number of aromatic nitrogens is 4. The molecule has 1 N–H and O–H groups in total. The first kappa shape index (κ1) is 19.3. The molecule has 3 heterocycles. The molecule has 6 nitrogen and oxygen atoms in total. The average molecular weight is 434 g/mol. The van der Waals surface area contributed by atoms with Crippen LogP contribution in [0.15, 0.2) is 77.9 Å². The quantitative estimate of drug-likeness (QED) is 0.433. The molecule has 3 aromatic heterocycles. The second-order valence-corrected chi connectivity index (χ2v) is 7.60. The van der Waals surface area contributed by atoms with E-state index in [9.17, 15) is 9.18 Å². The van der Waals surface area contributed by atoms with Gasteiger partial charge in [0.2, 0.25) is 0 Å². The molecule has 154 valence electrons. The van der Waals surface area contributed by atoms with Crippen molar-refractivity contribution in [1.29, 1.82) is 0 Å². The Bertz CT molecular complexity index is 1490. The molecule has 0 aliphatic carbocycles. The lowest BCUT2D eigenvalue weighted by Gasteiger charge is -2.22. The largest absolute Gasteiger partial charge is 0.362 e. The third-order valence-corrected chi connectivity index (χ3v) is 5.50. The van der Waals surface area contributed by atoms with Crippen LogP contribution >= 0.6 is 11.6 Å². The van der Waals surface area contributed by atoms with Gasteiger partial charge in [-0.15, -0.1) is 0 Å². The fourth-order valence-corrected chi connectivity index (χ4v) is 4.04. The molecular formula is C23H17ClFN5O. The van der Waals surface area contributed by atoms with E-state index in [1.165, 1.54) is 16.7 Å². The molecule has 31 heavy (non-hydrogen) atoms. The summed E-state index contributed by atoms with van der Waals surface area (Å²) in [5.74, 6) is 0.287. The van der Waals surface area contributed by atoms with Crippen molar-refractivity contribution in [2.45, 2.75) is 13.0 Å². The number of pyridine rings is 1. The second kappa shape index (κ2) is 7.52. The fraction of sp³-hybridized carbons (Fsp3) is 0.0870. The van der Waals surface area contributed by atoms with E-state index in [0.717, 1.165) is 0 Å². The van der Waals surface area contributed by atoms with Crippen LogP contribution < -0.4 is 10.9 Å². The molecule has 0 unspecified atom stereocenters. The van der Waals surface area contributed by atoms with Gasteiger partial charge in [0.25, 0.3) is 5.56 Å². The lowest BCUT2D eigenvalue weighted by molar-refractivity contribution is 0.625. The van der Waals surface area contributed by atoms with E-state index in [2.05, 4.69) is 15.4 Å². The van der Waals surface area contributed by atoms with E-state index < -0.39 is 5.82 Å². The summed E-state index contributed by atoms with van der Waals surface area (Å²) in [5, 5.41) is 9.15. The molecule has 0 amide bonds. The van der Waals surface area contributed by atoms with Crippen molar-refractivity contribution in [2.24, 2.45) is 0 Å². The van der Waals surface area contributed by atoms with Gasteiger partial charge in [0.15, 0.2) is 5.65 Å². The minimum absolute atomic E-state index is 0.309. The fourth-order valence-electron chi connectivity index (χ4n) is 3.78. The maximum Gasteiger partial charge on any atom is 0.264 e. The molecule has 0 saturated carbocycles. The molecule has 8 heteroatoms. The Balaban J connectivity index is 1.72. The highest BCUT2D eigenvalue weighted by Crippen LogP contribution is 2.27. The number of hydrogen-bond acceptors (Lipinski definition) is 4. The SMILES string of the molecule is C[C@H](Nc1ccnc2ccnn12)c1cc2cccc(Cl)c2c(=O)n1-c1cccc(F)c1. The van der Waals surface area contributed by atoms with Gasteiger partial charge in [0, 0.05) is 18.0 Å². The topological polar surface area (TPSA) is 64.2 Å². The van der Waals surface area contributed by atoms with E-state index in [0.29, 0.717) is 38.6 Å². The molecular weight excluding hydrogens is 417 g/mol. The smallest absolute Gasteiger partial charge is 0.264 e. The van der Waals surface area contributed by atoms with E-state index in [4.69, 9.17) is 11.6 Å². The monoisotopic (exact) mass is 433 g/mol. The van der Waals surface area contributed by atoms with E-state index in [1.54, 1.807) is 53.3 Å². The van der Waals surface area contributed by atoms with E-state index in [-0.39, 0.29) is 11.6 Å². The zero-order chi connectivity index (χ0) is 21.5. The highest BCUT2D eigenvalue weighted by molar-refractivity contribution is 6.35. The van der Waals surface area contributed by atoms with Crippen molar-refractivity contribution in [3.63, 3.8) is 0 Å². The summed E-state index contributed by atoms with van der Waals surface area (Å²) < 4.78 is 17.2. The number of fused-ring (bicyclic) bond motifs is 2. The number of benzene rings is 2. The molecule has 0 saturated heterocycles.